The number of nitrogens with one attached hydrogen (secondary N) is 1. The summed E-state index contributed by atoms with van der Waals surface area (Å²) in [5.41, 5.74) is 2.16. The van der Waals surface area contributed by atoms with Crippen LogP contribution in [0.2, 0.25) is 0 Å². The van der Waals surface area contributed by atoms with E-state index >= 15 is 0 Å². The number of pyridine rings is 1. The maximum Gasteiger partial charge on any atom is 0.269 e. The molecule has 1 amide bonds. The monoisotopic (exact) mass is 379 g/mol. The maximum atomic E-state index is 12.5. The third kappa shape index (κ3) is 2.76. The van der Waals surface area contributed by atoms with Gasteiger partial charge in [-0.2, -0.15) is 0 Å². The Bertz CT molecular complexity index is 919. The molecule has 5 heterocycles. The molecule has 3 saturated heterocycles. The third-order valence-electron chi connectivity index (χ3n) is 6.56. The van der Waals surface area contributed by atoms with Crippen molar-refractivity contribution >= 4 is 11.7 Å². The summed E-state index contributed by atoms with van der Waals surface area (Å²) in [5, 5.41) is 3.10. The first-order valence-electron chi connectivity index (χ1n) is 9.98. The lowest BCUT2D eigenvalue weighted by atomic mass is 9.73. The standard InChI is InChI=1S/C21H25N5O2/c1-13-4-3-5-17(25-13)20(27)24-10-15-16-11-26(19-14(2)22-8-9-23-19)12-21(16)7-6-18(15)28-21/h3-5,8-9,15-16,18H,6-7,10-12H2,1-2H3,(H,24,27)/t15-,16+,18+,21+/m0/s1. The highest BCUT2D eigenvalue weighted by Crippen LogP contribution is 2.55. The van der Waals surface area contributed by atoms with E-state index in [4.69, 9.17) is 4.74 Å². The minimum atomic E-state index is -0.111. The van der Waals surface area contributed by atoms with Crippen molar-refractivity contribution in [2.45, 2.75) is 38.4 Å². The number of aromatic nitrogens is 3. The Balaban J connectivity index is 1.31. The molecule has 0 saturated carbocycles. The second-order valence-electron chi connectivity index (χ2n) is 8.25. The highest BCUT2D eigenvalue weighted by atomic mass is 16.5. The van der Waals surface area contributed by atoms with Crippen LogP contribution in [-0.4, -0.2) is 52.2 Å². The molecule has 2 aromatic heterocycles. The Hall–Kier alpha value is -2.54. The van der Waals surface area contributed by atoms with Gasteiger partial charge in [0.25, 0.3) is 5.91 Å². The number of amides is 1. The highest BCUT2D eigenvalue weighted by Gasteiger charge is 2.63. The fourth-order valence-corrected chi connectivity index (χ4v) is 5.31. The number of hydrogen-bond acceptors (Lipinski definition) is 6. The van der Waals surface area contributed by atoms with Crippen molar-refractivity contribution in [1.82, 2.24) is 20.3 Å². The van der Waals surface area contributed by atoms with Crippen LogP contribution in [0.5, 0.6) is 0 Å². The van der Waals surface area contributed by atoms with E-state index in [0.29, 0.717) is 24.1 Å². The van der Waals surface area contributed by atoms with Crippen LogP contribution in [0.3, 0.4) is 0 Å². The molecule has 3 aliphatic heterocycles. The highest BCUT2D eigenvalue weighted by molar-refractivity contribution is 5.92. The van der Waals surface area contributed by atoms with Crippen molar-refractivity contribution in [2.75, 3.05) is 24.5 Å². The van der Waals surface area contributed by atoms with Crippen LogP contribution in [0.1, 0.15) is 34.7 Å². The number of aryl methyl sites for hydroxylation is 2. The molecule has 3 aliphatic rings. The molecule has 3 fully saturated rings. The molecule has 1 N–H and O–H groups in total. The summed E-state index contributed by atoms with van der Waals surface area (Å²) >= 11 is 0. The van der Waals surface area contributed by atoms with Crippen molar-refractivity contribution in [1.29, 1.82) is 0 Å². The minimum absolute atomic E-state index is 0.106. The van der Waals surface area contributed by atoms with Crippen molar-refractivity contribution in [3.63, 3.8) is 0 Å². The molecule has 1 spiro atoms. The zero-order chi connectivity index (χ0) is 19.3. The zero-order valence-electron chi connectivity index (χ0n) is 16.3. The quantitative estimate of drug-likeness (QED) is 0.874. The van der Waals surface area contributed by atoms with Crippen LogP contribution in [0.15, 0.2) is 30.6 Å². The van der Waals surface area contributed by atoms with Crippen LogP contribution in [-0.2, 0) is 4.74 Å². The number of ether oxygens (including phenoxy) is 1. The van der Waals surface area contributed by atoms with Gasteiger partial charge in [0.2, 0.25) is 0 Å². The molecular weight excluding hydrogens is 354 g/mol. The zero-order valence-corrected chi connectivity index (χ0v) is 16.3. The molecule has 7 nitrogen and oxygen atoms in total. The molecule has 5 rings (SSSR count). The van der Waals surface area contributed by atoms with Gasteiger partial charge in [0.1, 0.15) is 11.5 Å². The first-order chi connectivity index (χ1) is 13.6. The Morgan fingerprint density at radius 1 is 1.32 bits per heavy atom. The lowest BCUT2D eigenvalue weighted by molar-refractivity contribution is 0.0141. The van der Waals surface area contributed by atoms with Crippen LogP contribution in [0, 0.1) is 25.7 Å². The summed E-state index contributed by atoms with van der Waals surface area (Å²) in [5.74, 6) is 1.56. The molecule has 0 radical (unpaired) electrons. The van der Waals surface area contributed by atoms with E-state index in [-0.39, 0.29) is 17.6 Å². The van der Waals surface area contributed by atoms with Gasteiger partial charge in [-0.25, -0.2) is 9.97 Å². The van der Waals surface area contributed by atoms with E-state index in [1.54, 1.807) is 18.5 Å². The minimum Gasteiger partial charge on any atom is -0.369 e. The van der Waals surface area contributed by atoms with E-state index in [2.05, 4.69) is 25.2 Å². The lowest BCUT2D eigenvalue weighted by Crippen LogP contribution is -2.42. The lowest BCUT2D eigenvalue weighted by Gasteiger charge is -2.29. The van der Waals surface area contributed by atoms with E-state index in [1.165, 1.54) is 0 Å². The van der Waals surface area contributed by atoms with Crippen molar-refractivity contribution in [3.8, 4) is 0 Å². The predicted octanol–water partition coefficient (Wildman–Crippen LogP) is 1.90. The first-order valence-corrected chi connectivity index (χ1v) is 9.98. The molecule has 0 aliphatic carbocycles. The van der Waals surface area contributed by atoms with Crippen LogP contribution >= 0.6 is 0 Å². The summed E-state index contributed by atoms with van der Waals surface area (Å²) in [7, 11) is 0. The van der Waals surface area contributed by atoms with Gasteiger partial charge in [-0.3, -0.25) is 9.78 Å². The maximum absolute atomic E-state index is 12.5. The van der Waals surface area contributed by atoms with E-state index < -0.39 is 0 Å². The van der Waals surface area contributed by atoms with Crippen molar-refractivity contribution < 1.29 is 9.53 Å². The van der Waals surface area contributed by atoms with Gasteiger partial charge in [-0.05, 0) is 38.8 Å². The van der Waals surface area contributed by atoms with Crippen LogP contribution < -0.4 is 10.2 Å². The van der Waals surface area contributed by atoms with E-state index in [9.17, 15) is 4.79 Å². The fraction of sp³-hybridized carbons (Fsp3) is 0.524. The molecule has 2 bridgehead atoms. The second-order valence-corrected chi connectivity index (χ2v) is 8.25. The summed E-state index contributed by atoms with van der Waals surface area (Å²) in [6, 6.07) is 5.52. The van der Waals surface area contributed by atoms with Gasteiger partial charge < -0.3 is 15.0 Å². The summed E-state index contributed by atoms with van der Waals surface area (Å²) in [6.45, 7) is 6.28. The fourth-order valence-electron chi connectivity index (χ4n) is 5.31. The Labute approximate surface area is 164 Å². The first kappa shape index (κ1) is 17.6. The third-order valence-corrected chi connectivity index (χ3v) is 6.56. The normalized spacial score (nSPS) is 30.5. The number of nitrogens with zero attached hydrogens (tertiary/aromatic N) is 4. The average Bonchev–Trinajstić information content (AvgIpc) is 3.35. The number of carbonyl (C=O) groups excluding carboxylic acids is 1. The summed E-state index contributed by atoms with van der Waals surface area (Å²) < 4.78 is 6.49. The number of fused-ring (bicyclic) bond motifs is 1. The average molecular weight is 379 g/mol. The molecule has 0 aromatic carbocycles. The molecule has 28 heavy (non-hydrogen) atoms. The number of hydrogen-bond donors (Lipinski definition) is 1. The van der Waals surface area contributed by atoms with Gasteiger partial charge in [-0.15, -0.1) is 0 Å². The second kappa shape index (κ2) is 6.51. The molecule has 0 unspecified atom stereocenters. The Morgan fingerprint density at radius 3 is 3.00 bits per heavy atom. The molecule has 146 valence electrons. The van der Waals surface area contributed by atoms with Gasteiger partial charge in [0, 0.05) is 49.6 Å². The topological polar surface area (TPSA) is 80.2 Å². The van der Waals surface area contributed by atoms with E-state index in [1.807, 2.05) is 26.0 Å². The van der Waals surface area contributed by atoms with Crippen molar-refractivity contribution in [2.24, 2.45) is 11.8 Å². The smallest absolute Gasteiger partial charge is 0.269 e. The molecule has 2 aromatic rings. The molecule has 7 heteroatoms. The molecule has 4 atom stereocenters. The number of carbonyl (C=O) groups is 1. The van der Waals surface area contributed by atoms with Crippen LogP contribution in [0.4, 0.5) is 5.82 Å². The number of rotatable bonds is 4. The Kier molecular flexibility index (Phi) is 4.08. The Morgan fingerprint density at radius 2 is 2.18 bits per heavy atom. The van der Waals surface area contributed by atoms with E-state index in [0.717, 1.165) is 43.1 Å². The number of anilines is 1. The summed E-state index contributed by atoms with van der Waals surface area (Å²) in [4.78, 5) is 28.1. The molecular formula is C21H25N5O2. The van der Waals surface area contributed by atoms with Gasteiger partial charge >= 0.3 is 0 Å². The van der Waals surface area contributed by atoms with Gasteiger partial charge in [-0.1, -0.05) is 6.07 Å². The predicted molar refractivity (Wildman–Crippen MR) is 104 cm³/mol. The largest absolute Gasteiger partial charge is 0.369 e. The van der Waals surface area contributed by atoms with Gasteiger partial charge in [0.15, 0.2) is 0 Å². The van der Waals surface area contributed by atoms with Crippen molar-refractivity contribution in [3.05, 3.63) is 47.7 Å². The van der Waals surface area contributed by atoms with Crippen LogP contribution in [0.25, 0.3) is 0 Å². The SMILES string of the molecule is Cc1cccc(C(=O)NC[C@H]2[C@H]3CN(c4nccnc4C)C[C@]34CC[C@H]2O4)n1. The van der Waals surface area contributed by atoms with Gasteiger partial charge in [0.05, 0.1) is 17.4 Å². The summed E-state index contributed by atoms with van der Waals surface area (Å²) in [6.07, 6.45) is 5.86.